The molecule has 5 N–H and O–H groups in total. The third-order valence-corrected chi connectivity index (χ3v) is 2.15. The first kappa shape index (κ1) is 17.1. The van der Waals surface area contributed by atoms with E-state index in [0.717, 1.165) is 10.9 Å². The Kier molecular flexibility index (Phi) is 6.81. The molecule has 0 radical (unpaired) electrons. The molecule has 0 aliphatic rings. The van der Waals surface area contributed by atoms with Crippen molar-refractivity contribution in [3.05, 3.63) is 40.2 Å². The molecule has 2 rings (SSSR count). The van der Waals surface area contributed by atoms with Crippen molar-refractivity contribution in [1.29, 1.82) is 0 Å². The van der Waals surface area contributed by atoms with E-state index in [1.54, 1.807) is 12.1 Å². The van der Waals surface area contributed by atoms with Gasteiger partial charge in [-0.3, -0.25) is 4.79 Å². The molecule has 6 nitrogen and oxygen atoms in total. The van der Waals surface area contributed by atoms with Crippen molar-refractivity contribution in [3.8, 4) is 0 Å². The number of nitrogen functional groups attached to an aromatic ring is 1. The summed E-state index contributed by atoms with van der Waals surface area (Å²) in [6.45, 7) is 1.59. The lowest BCUT2D eigenvalue weighted by molar-refractivity contribution is -0.135. The summed E-state index contributed by atoms with van der Waals surface area (Å²) in [5, 5.41) is 8.52. The highest BCUT2D eigenvalue weighted by molar-refractivity contribution is 8.93. The number of hydrogen-bond donors (Lipinski definition) is 3. The van der Waals surface area contributed by atoms with Crippen molar-refractivity contribution in [1.82, 2.24) is 0 Å². The number of anilines is 1. The van der Waals surface area contributed by atoms with Gasteiger partial charge in [-0.2, -0.15) is 0 Å². The molecule has 0 bridgehead atoms. The van der Waals surface area contributed by atoms with Gasteiger partial charge in [-0.25, -0.2) is 4.79 Å². The summed E-state index contributed by atoms with van der Waals surface area (Å²) in [6.07, 6.45) is 0. The van der Waals surface area contributed by atoms with Crippen LogP contribution in [0.4, 0.5) is 5.69 Å². The first-order valence-corrected chi connectivity index (χ1v) is 5.16. The van der Waals surface area contributed by atoms with Gasteiger partial charge in [-0.1, -0.05) is 0 Å². The Hall–Kier alpha value is -1.86. The summed E-state index contributed by atoms with van der Waals surface area (Å²) < 4.78 is 4.99. The molecule has 104 valence electrons. The van der Waals surface area contributed by atoms with Crippen LogP contribution in [0.2, 0.25) is 0 Å². The molecule has 1 aromatic heterocycles. The highest BCUT2D eigenvalue weighted by Crippen LogP contribution is 2.18. The van der Waals surface area contributed by atoms with Crippen LogP contribution in [0.1, 0.15) is 5.56 Å². The molecule has 2 aromatic rings. The molecule has 1 aromatic carbocycles. The van der Waals surface area contributed by atoms with E-state index in [1.165, 1.54) is 6.07 Å². The largest absolute Gasteiger partial charge is 0.480 e. The van der Waals surface area contributed by atoms with Gasteiger partial charge in [0.05, 0.1) is 6.54 Å². The second-order valence-corrected chi connectivity index (χ2v) is 3.60. The van der Waals surface area contributed by atoms with Crippen molar-refractivity contribution in [3.63, 3.8) is 0 Å². The Morgan fingerprint density at radius 3 is 2.47 bits per heavy atom. The number of carboxylic acid groups (broad SMARTS) is 1. The van der Waals surface area contributed by atoms with Crippen molar-refractivity contribution in [2.24, 2.45) is 5.73 Å². The number of carboxylic acids is 1. The molecule has 0 saturated carbocycles. The number of halogens is 1. The molecule has 7 heteroatoms. The standard InChI is InChI=1S/C10H9NO2.C2H5NO2.BrH/c1-6-4-10(12)13-9-5-7(11)2-3-8(6)9;3-1-2(4)5;/h2-5H,11H2,1H3;1,3H2,(H,4,5);1H. The SMILES string of the molecule is Br.Cc1cc(=O)oc2cc(N)ccc12.NCC(=O)O. The average molecular weight is 331 g/mol. The summed E-state index contributed by atoms with van der Waals surface area (Å²) in [7, 11) is 0. The van der Waals surface area contributed by atoms with Gasteiger partial charge in [-0.05, 0) is 24.6 Å². The summed E-state index contributed by atoms with van der Waals surface area (Å²) in [5.74, 6) is -0.968. The molecule has 0 aliphatic carbocycles. The van der Waals surface area contributed by atoms with Gasteiger partial charge in [0.1, 0.15) is 5.58 Å². The van der Waals surface area contributed by atoms with Crippen LogP contribution in [0.25, 0.3) is 11.0 Å². The highest BCUT2D eigenvalue weighted by Gasteiger charge is 2.01. The Morgan fingerprint density at radius 2 is 1.95 bits per heavy atom. The predicted molar refractivity (Wildman–Crippen MR) is 78.6 cm³/mol. The first-order valence-electron chi connectivity index (χ1n) is 5.16. The molecule has 0 unspecified atom stereocenters. The Morgan fingerprint density at radius 1 is 1.37 bits per heavy atom. The molecule has 0 aliphatic heterocycles. The lowest BCUT2D eigenvalue weighted by Crippen LogP contribution is -2.10. The molecular weight excluding hydrogens is 316 g/mol. The maximum atomic E-state index is 11.0. The topological polar surface area (TPSA) is 120 Å². The number of nitrogens with two attached hydrogens (primary N) is 2. The van der Waals surface area contributed by atoms with Gasteiger partial charge >= 0.3 is 11.6 Å². The maximum absolute atomic E-state index is 11.0. The van der Waals surface area contributed by atoms with Crippen LogP contribution in [0.3, 0.4) is 0 Å². The maximum Gasteiger partial charge on any atom is 0.336 e. The van der Waals surface area contributed by atoms with Crippen molar-refractivity contribution >= 4 is 39.6 Å². The molecule has 0 saturated heterocycles. The molecular formula is C12H15BrN2O4. The lowest BCUT2D eigenvalue weighted by Gasteiger charge is -2.00. The minimum atomic E-state index is -0.968. The van der Waals surface area contributed by atoms with Crippen LogP contribution in [0.5, 0.6) is 0 Å². The van der Waals surface area contributed by atoms with Gasteiger partial charge in [0.25, 0.3) is 0 Å². The fraction of sp³-hybridized carbons (Fsp3) is 0.167. The van der Waals surface area contributed by atoms with Gasteiger partial charge < -0.3 is 21.0 Å². The third kappa shape index (κ3) is 5.11. The van der Waals surface area contributed by atoms with Crippen molar-refractivity contribution in [2.45, 2.75) is 6.92 Å². The van der Waals surface area contributed by atoms with Crippen molar-refractivity contribution < 1.29 is 14.3 Å². The first-order chi connectivity index (χ1) is 8.43. The highest BCUT2D eigenvalue weighted by atomic mass is 79.9. The number of aliphatic carboxylic acids is 1. The number of fused-ring (bicyclic) bond motifs is 1. The molecule has 0 amide bonds. The normalized spacial score (nSPS) is 9.16. The monoisotopic (exact) mass is 330 g/mol. The number of aryl methyl sites for hydroxylation is 1. The second kappa shape index (κ2) is 7.55. The zero-order valence-electron chi connectivity index (χ0n) is 10.3. The third-order valence-electron chi connectivity index (χ3n) is 2.15. The summed E-state index contributed by atoms with van der Waals surface area (Å²) in [5.41, 5.74) is 11.8. The van der Waals surface area contributed by atoms with Crippen LogP contribution < -0.4 is 17.1 Å². The number of benzene rings is 1. The van der Waals surface area contributed by atoms with Crippen LogP contribution in [0.15, 0.2) is 33.5 Å². The molecule has 1 heterocycles. The smallest absolute Gasteiger partial charge is 0.336 e. The van der Waals surface area contributed by atoms with Gasteiger partial charge in [0.2, 0.25) is 0 Å². The van der Waals surface area contributed by atoms with Crippen LogP contribution in [-0.2, 0) is 4.79 Å². The van der Waals surface area contributed by atoms with Gasteiger partial charge in [0, 0.05) is 23.2 Å². The van der Waals surface area contributed by atoms with Crippen LogP contribution in [-0.4, -0.2) is 17.6 Å². The summed E-state index contributed by atoms with van der Waals surface area (Å²) in [4.78, 5) is 20.3. The van der Waals surface area contributed by atoms with E-state index in [2.05, 4.69) is 5.73 Å². The Balaban J connectivity index is 0.000000471. The van der Waals surface area contributed by atoms with E-state index in [1.807, 2.05) is 13.0 Å². The molecule has 0 atom stereocenters. The fourth-order valence-electron chi connectivity index (χ4n) is 1.34. The van der Waals surface area contributed by atoms with Crippen molar-refractivity contribution in [2.75, 3.05) is 12.3 Å². The number of hydrogen-bond acceptors (Lipinski definition) is 5. The Labute approximate surface area is 119 Å². The average Bonchev–Trinajstić information content (AvgIpc) is 2.28. The minimum Gasteiger partial charge on any atom is -0.480 e. The van der Waals surface area contributed by atoms with E-state index >= 15 is 0 Å². The zero-order valence-corrected chi connectivity index (χ0v) is 12.0. The van der Waals surface area contributed by atoms with E-state index in [0.29, 0.717) is 11.3 Å². The molecule has 0 spiro atoms. The van der Waals surface area contributed by atoms with Crippen LogP contribution >= 0.6 is 17.0 Å². The molecule has 19 heavy (non-hydrogen) atoms. The second-order valence-electron chi connectivity index (χ2n) is 3.60. The number of rotatable bonds is 1. The summed E-state index contributed by atoms with van der Waals surface area (Å²) in [6, 6.07) is 6.76. The summed E-state index contributed by atoms with van der Waals surface area (Å²) >= 11 is 0. The molecule has 0 fully saturated rings. The number of carbonyl (C=O) groups is 1. The van der Waals surface area contributed by atoms with E-state index in [9.17, 15) is 9.59 Å². The van der Waals surface area contributed by atoms with Gasteiger partial charge in [-0.15, -0.1) is 17.0 Å². The predicted octanol–water partition coefficient (Wildman–Crippen LogP) is 1.29. The minimum absolute atomic E-state index is 0. The van der Waals surface area contributed by atoms with E-state index < -0.39 is 5.97 Å². The lowest BCUT2D eigenvalue weighted by atomic mass is 10.1. The van der Waals surface area contributed by atoms with Gasteiger partial charge in [0.15, 0.2) is 0 Å². The quantitative estimate of drug-likeness (QED) is 0.535. The fourth-order valence-corrected chi connectivity index (χ4v) is 1.34. The van der Waals surface area contributed by atoms with E-state index in [4.69, 9.17) is 15.3 Å². The van der Waals surface area contributed by atoms with Crippen LogP contribution in [0, 0.1) is 6.92 Å². The Bertz CT molecular complexity index is 625. The van der Waals surface area contributed by atoms with E-state index in [-0.39, 0.29) is 29.2 Å². The zero-order chi connectivity index (χ0) is 13.7.